The van der Waals surface area contributed by atoms with Gasteiger partial charge in [0.15, 0.2) is 0 Å². The molecule has 2 aromatic carbocycles. The van der Waals surface area contributed by atoms with Crippen LogP contribution in [0.3, 0.4) is 0 Å². The van der Waals surface area contributed by atoms with Crippen molar-refractivity contribution in [2.75, 3.05) is 36.0 Å². The molecule has 12 nitrogen and oxygen atoms in total. The number of carbonyl (C=O) groups excluding carboxylic acids is 1. The number of anilines is 2. The number of nitrogens with zero attached hydrogens (tertiary/aromatic N) is 8. The molecule has 7 rings (SSSR count). The van der Waals surface area contributed by atoms with Crippen LogP contribution in [0.1, 0.15) is 51.4 Å². The minimum atomic E-state index is -0.304. The average molecular weight is 660 g/mol. The van der Waals surface area contributed by atoms with E-state index < -0.39 is 0 Å². The highest BCUT2D eigenvalue weighted by molar-refractivity contribution is 5.68. The zero-order valence-electron chi connectivity index (χ0n) is 26.6. The standard InChI is InChI=1S/C20H24FN5O2.C14H15FN4O/c21-15-7-5-14(6-8-15)18-13-22-25-19(24-18)26-11-9-17(10-12-26)28-20(27)23-16-3-1-2-4-16;15-11-3-1-10(2-4-11)13-9-16-18-14(17-13)19-7-5-12(20)6-8-19/h5-8,13,16-17H,1-4,9-12H2,(H,23,27);1-4,9,12,20H,5-8H2. The van der Waals surface area contributed by atoms with Crippen LogP contribution in [0.5, 0.6) is 0 Å². The van der Waals surface area contributed by atoms with Crippen molar-refractivity contribution in [3.05, 3.63) is 72.6 Å². The Labute approximate surface area is 277 Å². The highest BCUT2D eigenvalue weighted by atomic mass is 19.1. The van der Waals surface area contributed by atoms with E-state index in [2.05, 4.69) is 35.7 Å². The molecule has 1 amide bonds. The maximum atomic E-state index is 13.1. The number of carbonyl (C=O) groups is 1. The smallest absolute Gasteiger partial charge is 0.407 e. The normalized spacial score (nSPS) is 17.5. The fraction of sp³-hybridized carbons (Fsp3) is 0.441. The second-order valence-corrected chi connectivity index (χ2v) is 12.2. The number of aliphatic hydroxyl groups excluding tert-OH is 1. The van der Waals surface area contributed by atoms with E-state index in [1.807, 2.05) is 9.80 Å². The molecule has 0 unspecified atom stereocenters. The fourth-order valence-corrected chi connectivity index (χ4v) is 6.04. The summed E-state index contributed by atoms with van der Waals surface area (Å²) < 4.78 is 31.6. The van der Waals surface area contributed by atoms with Crippen molar-refractivity contribution in [2.45, 2.75) is 69.6 Å². The third-order valence-electron chi connectivity index (χ3n) is 8.80. The van der Waals surface area contributed by atoms with Crippen molar-refractivity contribution in [2.24, 2.45) is 0 Å². The first-order valence-electron chi connectivity index (χ1n) is 16.5. The van der Waals surface area contributed by atoms with Gasteiger partial charge in [-0.3, -0.25) is 0 Å². The van der Waals surface area contributed by atoms with Gasteiger partial charge < -0.3 is 25.0 Å². The van der Waals surface area contributed by atoms with Crippen LogP contribution >= 0.6 is 0 Å². The van der Waals surface area contributed by atoms with E-state index in [0.29, 0.717) is 49.2 Å². The summed E-state index contributed by atoms with van der Waals surface area (Å²) in [5, 5.41) is 28.7. The molecule has 2 aliphatic heterocycles. The van der Waals surface area contributed by atoms with Crippen molar-refractivity contribution in [3.8, 4) is 22.5 Å². The van der Waals surface area contributed by atoms with Gasteiger partial charge in [-0.25, -0.2) is 23.5 Å². The van der Waals surface area contributed by atoms with Crippen LogP contribution in [-0.4, -0.2) is 86.0 Å². The number of benzene rings is 2. The van der Waals surface area contributed by atoms with Gasteiger partial charge in [-0.05, 0) is 74.2 Å². The van der Waals surface area contributed by atoms with E-state index in [0.717, 1.165) is 49.9 Å². The second kappa shape index (κ2) is 15.8. The Morgan fingerprint density at radius 1 is 0.708 bits per heavy atom. The largest absolute Gasteiger partial charge is 0.446 e. The number of halogens is 2. The summed E-state index contributed by atoms with van der Waals surface area (Å²) in [6.45, 7) is 2.82. The summed E-state index contributed by atoms with van der Waals surface area (Å²) in [7, 11) is 0. The van der Waals surface area contributed by atoms with Crippen molar-refractivity contribution in [3.63, 3.8) is 0 Å². The molecular weight excluding hydrogens is 620 g/mol. The first-order chi connectivity index (χ1) is 23.4. The molecule has 0 bridgehead atoms. The van der Waals surface area contributed by atoms with Gasteiger partial charge in [0.05, 0.1) is 29.9 Å². The monoisotopic (exact) mass is 659 g/mol. The number of piperidine rings is 2. The lowest BCUT2D eigenvalue weighted by molar-refractivity contribution is 0.0805. The second-order valence-electron chi connectivity index (χ2n) is 12.2. The van der Waals surface area contributed by atoms with Crippen molar-refractivity contribution in [1.82, 2.24) is 35.7 Å². The summed E-state index contributed by atoms with van der Waals surface area (Å²) in [6, 6.07) is 12.5. The lowest BCUT2D eigenvalue weighted by Gasteiger charge is -2.31. The van der Waals surface area contributed by atoms with E-state index in [1.165, 1.54) is 37.1 Å². The lowest BCUT2D eigenvalue weighted by Crippen LogP contribution is -2.41. The maximum Gasteiger partial charge on any atom is 0.407 e. The van der Waals surface area contributed by atoms with E-state index in [1.54, 1.807) is 36.7 Å². The number of amides is 1. The Morgan fingerprint density at radius 2 is 1.17 bits per heavy atom. The predicted molar refractivity (Wildman–Crippen MR) is 175 cm³/mol. The molecule has 1 saturated carbocycles. The van der Waals surface area contributed by atoms with Gasteiger partial charge in [0.1, 0.15) is 17.7 Å². The van der Waals surface area contributed by atoms with Gasteiger partial charge in [-0.15, -0.1) is 10.2 Å². The van der Waals surface area contributed by atoms with Gasteiger partial charge in [0.25, 0.3) is 0 Å². The molecule has 14 heteroatoms. The van der Waals surface area contributed by atoms with Crippen LogP contribution in [0, 0.1) is 11.6 Å². The number of aliphatic hydroxyl groups is 1. The van der Waals surface area contributed by atoms with Crippen molar-refractivity contribution < 1.29 is 23.4 Å². The van der Waals surface area contributed by atoms with Gasteiger partial charge in [0.2, 0.25) is 11.9 Å². The number of alkyl carbamates (subject to hydrolysis) is 1. The number of nitrogens with one attached hydrogen (secondary N) is 1. The molecule has 2 aromatic heterocycles. The van der Waals surface area contributed by atoms with Crippen LogP contribution in [0.4, 0.5) is 25.5 Å². The van der Waals surface area contributed by atoms with Gasteiger partial charge in [-0.2, -0.15) is 10.2 Å². The Balaban J connectivity index is 0.000000177. The number of ether oxygens (including phenoxy) is 1. The SMILES string of the molecule is O=C(NC1CCCC1)OC1CCN(c2nncc(-c3ccc(F)cc3)n2)CC1.OC1CCN(c2nncc(-c3ccc(F)cc3)n2)CC1. The molecule has 2 saturated heterocycles. The molecule has 3 fully saturated rings. The fourth-order valence-electron chi connectivity index (χ4n) is 6.04. The molecule has 0 spiro atoms. The third-order valence-corrected chi connectivity index (χ3v) is 8.80. The highest BCUT2D eigenvalue weighted by Gasteiger charge is 2.26. The Hall–Kier alpha value is -4.85. The molecule has 0 radical (unpaired) electrons. The Morgan fingerprint density at radius 3 is 1.65 bits per heavy atom. The molecule has 1 aliphatic carbocycles. The number of hydrogen-bond acceptors (Lipinski definition) is 11. The van der Waals surface area contributed by atoms with Crippen molar-refractivity contribution >= 4 is 18.0 Å². The summed E-state index contributed by atoms with van der Waals surface area (Å²) in [5.74, 6) is 0.528. The topological polar surface area (TPSA) is 142 Å². The van der Waals surface area contributed by atoms with E-state index in [4.69, 9.17) is 4.74 Å². The van der Waals surface area contributed by atoms with Crippen LogP contribution in [0.2, 0.25) is 0 Å². The van der Waals surface area contributed by atoms with E-state index in [9.17, 15) is 18.7 Å². The molecule has 3 aliphatic rings. The maximum absolute atomic E-state index is 13.1. The number of hydrogen-bond donors (Lipinski definition) is 2. The molecule has 4 aromatic rings. The first-order valence-corrected chi connectivity index (χ1v) is 16.5. The van der Waals surface area contributed by atoms with Crippen LogP contribution in [0.25, 0.3) is 22.5 Å². The predicted octanol–water partition coefficient (Wildman–Crippen LogP) is 4.95. The average Bonchev–Trinajstić information content (AvgIpc) is 3.63. The summed E-state index contributed by atoms with van der Waals surface area (Å²) in [5.41, 5.74) is 2.92. The molecule has 2 N–H and O–H groups in total. The van der Waals surface area contributed by atoms with E-state index in [-0.39, 0.29) is 36.0 Å². The van der Waals surface area contributed by atoms with Crippen molar-refractivity contribution in [1.29, 1.82) is 0 Å². The van der Waals surface area contributed by atoms with Crippen LogP contribution in [-0.2, 0) is 4.74 Å². The van der Waals surface area contributed by atoms with Gasteiger partial charge in [-0.1, -0.05) is 12.8 Å². The summed E-state index contributed by atoms with van der Waals surface area (Å²) >= 11 is 0. The molecule has 48 heavy (non-hydrogen) atoms. The van der Waals surface area contributed by atoms with E-state index >= 15 is 0 Å². The quantitative estimate of drug-likeness (QED) is 0.290. The zero-order chi connectivity index (χ0) is 33.3. The van der Waals surface area contributed by atoms with Crippen LogP contribution in [0.15, 0.2) is 60.9 Å². The van der Waals surface area contributed by atoms with Crippen LogP contribution < -0.4 is 15.1 Å². The molecule has 252 valence electrons. The lowest BCUT2D eigenvalue weighted by atomic mass is 10.1. The minimum absolute atomic E-state index is 0.0918. The number of rotatable bonds is 6. The Bertz CT molecular complexity index is 1630. The molecule has 0 atom stereocenters. The highest BCUT2D eigenvalue weighted by Crippen LogP contribution is 2.23. The minimum Gasteiger partial charge on any atom is -0.446 e. The summed E-state index contributed by atoms with van der Waals surface area (Å²) in [4.78, 5) is 25.1. The molecular formula is C34H39F2N9O3. The first kappa shape index (κ1) is 33.1. The van der Waals surface area contributed by atoms with Gasteiger partial charge in [0, 0.05) is 56.2 Å². The Kier molecular flexibility index (Phi) is 10.9. The third kappa shape index (κ3) is 8.94. The molecule has 4 heterocycles. The summed E-state index contributed by atoms with van der Waals surface area (Å²) in [6.07, 6.45) is 9.81. The van der Waals surface area contributed by atoms with Gasteiger partial charge >= 0.3 is 6.09 Å². The number of aromatic nitrogens is 6. The zero-order valence-corrected chi connectivity index (χ0v) is 26.6.